The van der Waals surface area contributed by atoms with E-state index < -0.39 is 12.1 Å². The van der Waals surface area contributed by atoms with E-state index in [2.05, 4.69) is 10.6 Å². The van der Waals surface area contributed by atoms with Crippen LogP contribution in [0.3, 0.4) is 0 Å². The van der Waals surface area contributed by atoms with Crippen molar-refractivity contribution >= 4 is 12.0 Å². The Morgan fingerprint density at radius 2 is 2.00 bits per heavy atom. The molecular formula is C14H18N2O3. The van der Waals surface area contributed by atoms with Gasteiger partial charge in [-0.2, -0.15) is 0 Å². The SMILES string of the molecule is CC(NC(=O)OCc1ccccc1)C(=O)NC1CC1. The van der Waals surface area contributed by atoms with E-state index in [1.165, 1.54) is 0 Å². The molecule has 19 heavy (non-hydrogen) atoms. The summed E-state index contributed by atoms with van der Waals surface area (Å²) in [7, 11) is 0. The topological polar surface area (TPSA) is 67.4 Å². The van der Waals surface area contributed by atoms with Crippen LogP contribution in [0.25, 0.3) is 0 Å². The lowest BCUT2D eigenvalue weighted by atomic mass is 10.2. The molecular weight excluding hydrogens is 244 g/mol. The van der Waals surface area contributed by atoms with Crippen LogP contribution in [0, 0.1) is 0 Å². The number of carbonyl (C=O) groups excluding carboxylic acids is 2. The van der Waals surface area contributed by atoms with Crippen molar-refractivity contribution in [2.24, 2.45) is 0 Å². The summed E-state index contributed by atoms with van der Waals surface area (Å²) in [4.78, 5) is 23.1. The first-order chi connectivity index (χ1) is 9.15. The minimum atomic E-state index is -0.581. The molecule has 0 radical (unpaired) electrons. The Morgan fingerprint density at radius 1 is 1.32 bits per heavy atom. The molecule has 0 saturated heterocycles. The number of rotatable bonds is 5. The molecule has 0 heterocycles. The van der Waals surface area contributed by atoms with E-state index in [1.807, 2.05) is 30.3 Å². The zero-order valence-electron chi connectivity index (χ0n) is 10.9. The van der Waals surface area contributed by atoms with Gasteiger partial charge in [-0.25, -0.2) is 4.79 Å². The second-order valence-electron chi connectivity index (χ2n) is 4.71. The Bertz CT molecular complexity index is 443. The molecule has 1 aromatic carbocycles. The fourth-order valence-corrected chi connectivity index (χ4v) is 1.56. The van der Waals surface area contributed by atoms with Crippen LogP contribution in [0.1, 0.15) is 25.3 Å². The van der Waals surface area contributed by atoms with Crippen molar-refractivity contribution in [1.82, 2.24) is 10.6 Å². The van der Waals surface area contributed by atoms with Gasteiger partial charge in [-0.15, -0.1) is 0 Å². The van der Waals surface area contributed by atoms with Crippen molar-refractivity contribution in [3.63, 3.8) is 0 Å². The van der Waals surface area contributed by atoms with Gasteiger partial charge in [0.25, 0.3) is 0 Å². The molecule has 2 rings (SSSR count). The Morgan fingerprint density at radius 3 is 2.63 bits per heavy atom. The Kier molecular flexibility index (Phi) is 4.39. The maximum absolute atomic E-state index is 11.6. The fourth-order valence-electron chi connectivity index (χ4n) is 1.56. The number of ether oxygens (including phenoxy) is 1. The van der Waals surface area contributed by atoms with Gasteiger partial charge in [0.15, 0.2) is 0 Å². The summed E-state index contributed by atoms with van der Waals surface area (Å²) in [5.41, 5.74) is 0.910. The summed E-state index contributed by atoms with van der Waals surface area (Å²) in [5, 5.41) is 5.33. The quantitative estimate of drug-likeness (QED) is 0.846. The second kappa shape index (κ2) is 6.22. The van der Waals surface area contributed by atoms with Gasteiger partial charge in [-0.3, -0.25) is 4.79 Å². The van der Waals surface area contributed by atoms with Gasteiger partial charge >= 0.3 is 6.09 Å². The Labute approximate surface area is 112 Å². The minimum absolute atomic E-state index is 0.167. The Balaban J connectivity index is 1.69. The van der Waals surface area contributed by atoms with Crippen molar-refractivity contribution in [2.75, 3.05) is 0 Å². The minimum Gasteiger partial charge on any atom is -0.445 e. The summed E-state index contributed by atoms with van der Waals surface area (Å²) in [5.74, 6) is -0.167. The van der Waals surface area contributed by atoms with Crippen LogP contribution in [0.15, 0.2) is 30.3 Å². The molecule has 5 nitrogen and oxygen atoms in total. The van der Waals surface area contributed by atoms with Crippen LogP contribution in [0.4, 0.5) is 4.79 Å². The van der Waals surface area contributed by atoms with Crippen LogP contribution < -0.4 is 10.6 Å². The Hall–Kier alpha value is -2.04. The van der Waals surface area contributed by atoms with Crippen LogP contribution >= 0.6 is 0 Å². The third-order valence-electron chi connectivity index (χ3n) is 2.86. The third kappa shape index (κ3) is 4.62. The van der Waals surface area contributed by atoms with Crippen molar-refractivity contribution in [3.05, 3.63) is 35.9 Å². The molecule has 1 saturated carbocycles. The molecule has 102 valence electrons. The highest BCUT2D eigenvalue weighted by atomic mass is 16.5. The van der Waals surface area contributed by atoms with E-state index in [0.717, 1.165) is 18.4 Å². The first-order valence-electron chi connectivity index (χ1n) is 6.43. The number of carbonyl (C=O) groups is 2. The summed E-state index contributed by atoms with van der Waals surface area (Å²) in [6.45, 7) is 1.84. The first kappa shape index (κ1) is 13.4. The average Bonchev–Trinajstić information content (AvgIpc) is 3.21. The predicted molar refractivity (Wildman–Crippen MR) is 70.4 cm³/mol. The van der Waals surface area contributed by atoms with Gasteiger partial charge in [0.1, 0.15) is 12.6 Å². The molecule has 1 fully saturated rings. The van der Waals surface area contributed by atoms with Crippen molar-refractivity contribution in [3.8, 4) is 0 Å². The lowest BCUT2D eigenvalue weighted by molar-refractivity contribution is -0.122. The van der Waals surface area contributed by atoms with Gasteiger partial charge in [-0.05, 0) is 25.3 Å². The molecule has 1 aliphatic carbocycles. The zero-order chi connectivity index (χ0) is 13.7. The lowest BCUT2D eigenvalue weighted by Crippen LogP contribution is -2.45. The number of amides is 2. The highest BCUT2D eigenvalue weighted by Gasteiger charge is 2.26. The molecule has 0 aliphatic heterocycles. The van der Waals surface area contributed by atoms with Crippen molar-refractivity contribution in [2.45, 2.75) is 38.5 Å². The molecule has 1 unspecified atom stereocenters. The number of nitrogens with one attached hydrogen (secondary N) is 2. The first-order valence-corrected chi connectivity index (χ1v) is 6.43. The smallest absolute Gasteiger partial charge is 0.408 e. The molecule has 1 atom stereocenters. The van der Waals surface area contributed by atoms with E-state index in [1.54, 1.807) is 6.92 Å². The van der Waals surface area contributed by atoms with Crippen molar-refractivity contribution < 1.29 is 14.3 Å². The summed E-state index contributed by atoms with van der Waals surface area (Å²) in [6.07, 6.45) is 1.47. The van der Waals surface area contributed by atoms with Crippen LogP contribution in [0.5, 0.6) is 0 Å². The molecule has 2 amide bonds. The molecule has 0 bridgehead atoms. The average molecular weight is 262 g/mol. The van der Waals surface area contributed by atoms with E-state index >= 15 is 0 Å². The monoisotopic (exact) mass is 262 g/mol. The van der Waals surface area contributed by atoms with E-state index in [9.17, 15) is 9.59 Å². The molecule has 0 aromatic heterocycles. The summed E-state index contributed by atoms with van der Waals surface area (Å²) in [6, 6.07) is 9.10. The standard InChI is InChI=1S/C14H18N2O3/c1-10(13(17)16-12-7-8-12)15-14(18)19-9-11-5-3-2-4-6-11/h2-6,10,12H,7-9H2,1H3,(H,15,18)(H,16,17). The van der Waals surface area contributed by atoms with Crippen LogP contribution in [-0.2, 0) is 16.1 Å². The highest BCUT2D eigenvalue weighted by molar-refractivity contribution is 5.85. The van der Waals surface area contributed by atoms with Gasteiger partial charge in [-0.1, -0.05) is 30.3 Å². The molecule has 1 aliphatic rings. The van der Waals surface area contributed by atoms with Crippen LogP contribution in [-0.4, -0.2) is 24.1 Å². The highest BCUT2D eigenvalue weighted by Crippen LogP contribution is 2.18. The summed E-state index contributed by atoms with van der Waals surface area (Å²) >= 11 is 0. The molecule has 5 heteroatoms. The van der Waals surface area contributed by atoms with Crippen LogP contribution in [0.2, 0.25) is 0 Å². The number of hydrogen-bond donors (Lipinski definition) is 2. The zero-order valence-corrected chi connectivity index (χ0v) is 10.9. The number of alkyl carbamates (subject to hydrolysis) is 1. The van der Waals surface area contributed by atoms with Gasteiger partial charge in [0.05, 0.1) is 0 Å². The maximum Gasteiger partial charge on any atom is 0.408 e. The van der Waals surface area contributed by atoms with E-state index in [-0.39, 0.29) is 18.6 Å². The van der Waals surface area contributed by atoms with Gasteiger partial charge < -0.3 is 15.4 Å². The third-order valence-corrected chi connectivity index (χ3v) is 2.86. The maximum atomic E-state index is 11.6. The van der Waals surface area contributed by atoms with E-state index in [0.29, 0.717) is 0 Å². The normalized spacial score (nSPS) is 15.4. The fraction of sp³-hybridized carbons (Fsp3) is 0.429. The molecule has 2 N–H and O–H groups in total. The summed E-state index contributed by atoms with van der Waals surface area (Å²) < 4.78 is 5.04. The van der Waals surface area contributed by atoms with Crippen molar-refractivity contribution in [1.29, 1.82) is 0 Å². The predicted octanol–water partition coefficient (Wildman–Crippen LogP) is 1.58. The lowest BCUT2D eigenvalue weighted by Gasteiger charge is -2.13. The molecule has 0 spiro atoms. The second-order valence-corrected chi connectivity index (χ2v) is 4.71. The molecule has 1 aromatic rings. The van der Waals surface area contributed by atoms with E-state index in [4.69, 9.17) is 4.74 Å². The number of benzene rings is 1. The largest absolute Gasteiger partial charge is 0.445 e. The van der Waals surface area contributed by atoms with Gasteiger partial charge in [0, 0.05) is 6.04 Å². The number of hydrogen-bond acceptors (Lipinski definition) is 3. The van der Waals surface area contributed by atoms with Gasteiger partial charge in [0.2, 0.25) is 5.91 Å².